The fourth-order valence-electron chi connectivity index (χ4n) is 4.46. The predicted molar refractivity (Wildman–Crippen MR) is 151 cm³/mol. The Morgan fingerprint density at radius 2 is 1.39 bits per heavy atom. The molecule has 0 saturated heterocycles. The molecule has 41 heavy (non-hydrogen) atoms. The zero-order valence-corrected chi connectivity index (χ0v) is 23.4. The molecular weight excluding hydrogens is 551 g/mol. The minimum Gasteiger partial charge on any atom is -0.379 e. The van der Waals surface area contributed by atoms with E-state index in [0.717, 1.165) is 41.3 Å². The van der Waals surface area contributed by atoms with Crippen LogP contribution in [0.5, 0.6) is 5.75 Å². The van der Waals surface area contributed by atoms with Gasteiger partial charge < -0.3 is 9.08 Å². The van der Waals surface area contributed by atoms with Gasteiger partial charge in [-0.25, -0.2) is 0 Å². The summed E-state index contributed by atoms with van der Waals surface area (Å²) in [6.07, 6.45) is -3.97. The molecular formula is C32H30F3NO4S. The highest BCUT2D eigenvalue weighted by atomic mass is 32.2. The first-order valence-corrected chi connectivity index (χ1v) is 14.5. The van der Waals surface area contributed by atoms with Crippen molar-refractivity contribution >= 4 is 16.0 Å². The second-order valence-electron chi connectivity index (χ2n) is 9.68. The van der Waals surface area contributed by atoms with Crippen molar-refractivity contribution in [3.63, 3.8) is 0 Å². The summed E-state index contributed by atoms with van der Waals surface area (Å²) in [4.78, 5) is 15.3. The van der Waals surface area contributed by atoms with Gasteiger partial charge in [0.25, 0.3) is 0 Å². The molecule has 4 aromatic carbocycles. The average molecular weight is 582 g/mol. The van der Waals surface area contributed by atoms with Gasteiger partial charge in [-0.15, -0.1) is 0 Å². The number of nitrogens with zero attached hydrogens (tertiary/aromatic N) is 1. The van der Waals surface area contributed by atoms with E-state index in [9.17, 15) is 26.4 Å². The third kappa shape index (κ3) is 7.35. The number of amides is 1. The Labute approximate surface area is 238 Å². The summed E-state index contributed by atoms with van der Waals surface area (Å²) in [5.41, 5.74) is 1.40. The SMILES string of the molecule is CC[C@@H](C)N(Cc1ccc(OS(=O)(=O)c2cccc(C(F)(F)F)c2)cc1)C(=O)C(c1ccccc1)c1ccccc1. The molecule has 0 heterocycles. The molecule has 0 aliphatic carbocycles. The molecule has 1 amide bonds. The van der Waals surface area contributed by atoms with E-state index in [2.05, 4.69) is 0 Å². The molecule has 0 aliphatic rings. The zero-order valence-electron chi connectivity index (χ0n) is 22.6. The minimum absolute atomic E-state index is 0.0565. The largest absolute Gasteiger partial charge is 0.416 e. The van der Waals surface area contributed by atoms with Crippen LogP contribution in [-0.2, 0) is 27.6 Å². The van der Waals surface area contributed by atoms with Gasteiger partial charge in [0.1, 0.15) is 10.6 Å². The lowest BCUT2D eigenvalue weighted by molar-refractivity contribution is -0.137. The van der Waals surface area contributed by atoms with Crippen molar-refractivity contribution in [3.05, 3.63) is 131 Å². The Hall–Kier alpha value is -4.11. The molecule has 0 radical (unpaired) electrons. The van der Waals surface area contributed by atoms with E-state index in [1.165, 1.54) is 12.1 Å². The van der Waals surface area contributed by atoms with Crippen molar-refractivity contribution in [2.75, 3.05) is 0 Å². The number of carbonyl (C=O) groups is 1. The molecule has 0 spiro atoms. The summed E-state index contributed by atoms with van der Waals surface area (Å²) in [5.74, 6) is -0.630. The highest BCUT2D eigenvalue weighted by molar-refractivity contribution is 7.87. The van der Waals surface area contributed by atoms with E-state index in [0.29, 0.717) is 6.07 Å². The molecule has 5 nitrogen and oxygen atoms in total. The molecule has 214 valence electrons. The Bertz CT molecular complexity index is 1520. The fourth-order valence-corrected chi connectivity index (χ4v) is 5.43. The number of hydrogen-bond donors (Lipinski definition) is 0. The molecule has 0 aromatic heterocycles. The standard InChI is InChI=1S/C32H30F3NO4S/c1-3-23(2)36(31(37)30(25-11-6-4-7-12-25)26-13-8-5-9-14-26)22-24-17-19-28(20-18-24)40-41(38,39)29-16-10-15-27(21-29)32(33,34)35/h4-21,23,30H,3,22H2,1-2H3/t23-/m1/s1. The van der Waals surface area contributed by atoms with E-state index in [1.807, 2.05) is 74.5 Å². The molecule has 0 unspecified atom stereocenters. The number of carbonyl (C=O) groups excluding carboxylic acids is 1. The van der Waals surface area contributed by atoms with Crippen molar-refractivity contribution in [3.8, 4) is 5.75 Å². The summed E-state index contributed by atoms with van der Waals surface area (Å²) in [6.45, 7) is 4.25. The predicted octanol–water partition coefficient (Wildman–Crippen LogP) is 7.43. The van der Waals surface area contributed by atoms with Gasteiger partial charge in [-0.1, -0.05) is 85.8 Å². The Morgan fingerprint density at radius 1 is 0.829 bits per heavy atom. The van der Waals surface area contributed by atoms with Crippen molar-refractivity contribution in [2.24, 2.45) is 0 Å². The maximum Gasteiger partial charge on any atom is 0.416 e. The monoisotopic (exact) mass is 581 g/mol. The average Bonchev–Trinajstić information content (AvgIpc) is 2.97. The number of hydrogen-bond acceptors (Lipinski definition) is 4. The lowest BCUT2D eigenvalue weighted by atomic mass is 9.89. The summed E-state index contributed by atoms with van der Waals surface area (Å²) in [5, 5.41) is 0. The van der Waals surface area contributed by atoms with Crippen LogP contribution in [0.2, 0.25) is 0 Å². The quantitative estimate of drug-likeness (QED) is 0.183. The van der Waals surface area contributed by atoms with E-state index < -0.39 is 32.7 Å². The van der Waals surface area contributed by atoms with Gasteiger partial charge in [-0.2, -0.15) is 21.6 Å². The van der Waals surface area contributed by atoms with E-state index in [4.69, 9.17) is 4.18 Å². The molecule has 4 rings (SSSR count). The van der Waals surface area contributed by atoms with Crippen LogP contribution in [0, 0.1) is 0 Å². The number of benzene rings is 4. The van der Waals surface area contributed by atoms with Crippen molar-refractivity contribution in [1.29, 1.82) is 0 Å². The fraction of sp³-hybridized carbons (Fsp3) is 0.219. The minimum atomic E-state index is -4.69. The molecule has 9 heteroatoms. The summed E-state index contributed by atoms with van der Waals surface area (Å²) < 4.78 is 69.6. The van der Waals surface area contributed by atoms with E-state index in [1.54, 1.807) is 17.0 Å². The topological polar surface area (TPSA) is 63.7 Å². The summed E-state index contributed by atoms with van der Waals surface area (Å²) in [7, 11) is -4.50. The van der Waals surface area contributed by atoms with E-state index in [-0.39, 0.29) is 24.2 Å². The van der Waals surface area contributed by atoms with Crippen LogP contribution < -0.4 is 4.18 Å². The normalized spacial score (nSPS) is 12.6. The van der Waals surface area contributed by atoms with Crippen LogP contribution in [0.25, 0.3) is 0 Å². The Kier molecular flexibility index (Phi) is 9.18. The smallest absolute Gasteiger partial charge is 0.379 e. The van der Waals surface area contributed by atoms with Gasteiger partial charge in [0.2, 0.25) is 5.91 Å². The van der Waals surface area contributed by atoms with Crippen LogP contribution in [0.3, 0.4) is 0 Å². The first-order valence-electron chi connectivity index (χ1n) is 13.1. The van der Waals surface area contributed by atoms with Crippen molar-refractivity contribution in [2.45, 2.75) is 49.8 Å². The van der Waals surface area contributed by atoms with Crippen LogP contribution in [-0.4, -0.2) is 25.3 Å². The van der Waals surface area contributed by atoms with Gasteiger partial charge in [-0.3, -0.25) is 4.79 Å². The summed E-state index contributed by atoms with van der Waals surface area (Å²) in [6, 6.07) is 28.6. The van der Waals surface area contributed by atoms with E-state index >= 15 is 0 Å². The zero-order chi connectivity index (χ0) is 29.6. The maximum atomic E-state index is 14.1. The van der Waals surface area contributed by atoms with Crippen LogP contribution >= 0.6 is 0 Å². The van der Waals surface area contributed by atoms with Crippen molar-refractivity contribution in [1.82, 2.24) is 4.90 Å². The van der Waals surface area contributed by atoms with Gasteiger partial charge in [0.15, 0.2) is 0 Å². The second kappa shape index (κ2) is 12.6. The molecule has 0 aliphatic heterocycles. The van der Waals surface area contributed by atoms with Crippen LogP contribution in [0.1, 0.15) is 48.4 Å². The molecule has 0 saturated carbocycles. The lowest BCUT2D eigenvalue weighted by Gasteiger charge is -2.33. The maximum absolute atomic E-state index is 14.1. The number of halogens is 3. The summed E-state index contributed by atoms with van der Waals surface area (Å²) >= 11 is 0. The van der Waals surface area contributed by atoms with Crippen LogP contribution in [0.15, 0.2) is 114 Å². The number of alkyl halides is 3. The third-order valence-corrected chi connectivity index (χ3v) is 8.09. The first-order chi connectivity index (χ1) is 19.5. The van der Waals surface area contributed by atoms with Gasteiger partial charge in [0.05, 0.1) is 11.5 Å². The molecule has 0 fully saturated rings. The van der Waals surface area contributed by atoms with Gasteiger partial charge >= 0.3 is 16.3 Å². The molecule has 0 bridgehead atoms. The van der Waals surface area contributed by atoms with Gasteiger partial charge in [0, 0.05) is 12.6 Å². The lowest BCUT2D eigenvalue weighted by Crippen LogP contribution is -2.41. The number of rotatable bonds is 10. The van der Waals surface area contributed by atoms with Gasteiger partial charge in [-0.05, 0) is 60.4 Å². The highest BCUT2D eigenvalue weighted by Crippen LogP contribution is 2.32. The third-order valence-electron chi connectivity index (χ3n) is 6.85. The Morgan fingerprint density at radius 3 is 1.90 bits per heavy atom. The second-order valence-corrected chi connectivity index (χ2v) is 11.2. The molecule has 1 atom stereocenters. The Balaban J connectivity index is 1.57. The molecule has 0 N–H and O–H groups in total. The van der Waals surface area contributed by atoms with Crippen molar-refractivity contribution < 1.29 is 30.6 Å². The molecule has 4 aromatic rings. The van der Waals surface area contributed by atoms with Crippen LogP contribution in [0.4, 0.5) is 13.2 Å². The first kappa shape index (κ1) is 29.9. The highest BCUT2D eigenvalue weighted by Gasteiger charge is 2.32.